The van der Waals surface area contributed by atoms with Crippen LogP contribution in [0, 0.1) is 0 Å². The summed E-state index contributed by atoms with van der Waals surface area (Å²) in [5, 5.41) is 0. The second kappa shape index (κ2) is 10.9. The maximum atomic E-state index is 13.9. The molecule has 37 heavy (non-hydrogen) atoms. The van der Waals surface area contributed by atoms with Crippen LogP contribution in [0.1, 0.15) is 31.0 Å². The van der Waals surface area contributed by atoms with Crippen LogP contribution in [0.5, 0.6) is 23.0 Å². The molecule has 1 aliphatic rings. The van der Waals surface area contributed by atoms with Crippen molar-refractivity contribution >= 4 is 23.4 Å². The predicted molar refractivity (Wildman–Crippen MR) is 139 cm³/mol. The van der Waals surface area contributed by atoms with Crippen LogP contribution in [0.25, 0.3) is 6.08 Å². The van der Waals surface area contributed by atoms with Gasteiger partial charge in [-0.05, 0) is 32.1 Å². The SMILES string of the molecule is CCOC(=O)C1=C(C)N=c2s/c(=C\c3cc(OC)c(OC)cc3OC)c(=O)n2[C@@H]1c1ccccc1OC. The summed E-state index contributed by atoms with van der Waals surface area (Å²) in [5.41, 5.74) is 1.73. The summed E-state index contributed by atoms with van der Waals surface area (Å²) >= 11 is 1.22. The van der Waals surface area contributed by atoms with Crippen molar-refractivity contribution in [3.8, 4) is 23.0 Å². The summed E-state index contributed by atoms with van der Waals surface area (Å²) in [6.07, 6.45) is 1.72. The van der Waals surface area contributed by atoms with Crippen LogP contribution in [-0.2, 0) is 9.53 Å². The maximum absolute atomic E-state index is 13.9. The Morgan fingerprint density at radius 1 is 1.00 bits per heavy atom. The molecule has 0 saturated carbocycles. The highest BCUT2D eigenvalue weighted by Crippen LogP contribution is 2.36. The minimum Gasteiger partial charge on any atom is -0.496 e. The molecule has 2 aromatic carbocycles. The Morgan fingerprint density at radius 3 is 2.30 bits per heavy atom. The Kier molecular flexibility index (Phi) is 7.68. The third kappa shape index (κ3) is 4.72. The zero-order chi connectivity index (χ0) is 26.7. The van der Waals surface area contributed by atoms with E-state index in [1.807, 2.05) is 18.2 Å². The normalized spacial score (nSPS) is 15.1. The number of allylic oxidation sites excluding steroid dienone is 1. The Morgan fingerprint density at radius 2 is 1.65 bits per heavy atom. The average Bonchev–Trinajstić information content (AvgIpc) is 3.21. The van der Waals surface area contributed by atoms with Crippen LogP contribution < -0.4 is 33.8 Å². The van der Waals surface area contributed by atoms with Gasteiger partial charge in [0.2, 0.25) is 0 Å². The van der Waals surface area contributed by atoms with E-state index in [0.29, 0.717) is 49.2 Å². The van der Waals surface area contributed by atoms with Gasteiger partial charge in [-0.15, -0.1) is 0 Å². The fourth-order valence-corrected chi connectivity index (χ4v) is 5.32. The van der Waals surface area contributed by atoms with Gasteiger partial charge in [-0.25, -0.2) is 9.79 Å². The van der Waals surface area contributed by atoms with Crippen molar-refractivity contribution in [2.24, 2.45) is 4.99 Å². The average molecular weight is 525 g/mol. The molecule has 1 atom stereocenters. The topological polar surface area (TPSA) is 97.6 Å². The molecule has 0 amide bonds. The summed E-state index contributed by atoms with van der Waals surface area (Å²) < 4.78 is 29.2. The lowest BCUT2D eigenvalue weighted by Gasteiger charge is -2.25. The number of nitrogens with zero attached hydrogens (tertiary/aromatic N) is 2. The Labute approximate surface area is 217 Å². The Bertz CT molecular complexity index is 1550. The predicted octanol–water partition coefficient (Wildman–Crippen LogP) is 2.83. The number of benzene rings is 2. The van der Waals surface area contributed by atoms with Crippen LogP contribution in [0.3, 0.4) is 0 Å². The molecular formula is C27H28N2O7S. The lowest BCUT2D eigenvalue weighted by atomic mass is 9.95. The number of para-hydroxylation sites is 1. The number of fused-ring (bicyclic) bond motifs is 1. The Hall–Kier alpha value is -4.05. The molecule has 1 aliphatic heterocycles. The van der Waals surface area contributed by atoms with Gasteiger partial charge in [-0.1, -0.05) is 29.5 Å². The number of ether oxygens (including phenoxy) is 5. The first-order valence-corrected chi connectivity index (χ1v) is 12.3. The van der Waals surface area contributed by atoms with E-state index in [9.17, 15) is 9.59 Å². The van der Waals surface area contributed by atoms with Crippen LogP contribution in [0.4, 0.5) is 0 Å². The van der Waals surface area contributed by atoms with Crippen molar-refractivity contribution in [1.82, 2.24) is 4.57 Å². The Balaban J connectivity index is 2.00. The van der Waals surface area contributed by atoms with Gasteiger partial charge in [0.15, 0.2) is 16.3 Å². The molecule has 0 radical (unpaired) electrons. The fraction of sp³-hybridized carbons (Fsp3) is 0.296. The summed E-state index contributed by atoms with van der Waals surface area (Å²) in [6.45, 7) is 3.67. The number of methoxy groups -OCH3 is 4. The van der Waals surface area contributed by atoms with Crippen LogP contribution in [0.2, 0.25) is 0 Å². The number of carbonyl (C=O) groups excluding carboxylic acids is 1. The van der Waals surface area contributed by atoms with Gasteiger partial charge in [0.1, 0.15) is 17.5 Å². The number of esters is 1. The van der Waals surface area contributed by atoms with E-state index in [1.165, 1.54) is 37.2 Å². The first-order chi connectivity index (χ1) is 17.9. The molecule has 0 spiro atoms. The minimum atomic E-state index is -0.777. The molecule has 10 heteroatoms. The molecule has 3 aromatic rings. The zero-order valence-corrected chi connectivity index (χ0v) is 22.3. The van der Waals surface area contributed by atoms with E-state index in [1.54, 1.807) is 45.2 Å². The minimum absolute atomic E-state index is 0.192. The van der Waals surface area contributed by atoms with Crippen molar-refractivity contribution in [1.29, 1.82) is 0 Å². The third-order valence-corrected chi connectivity index (χ3v) is 6.96. The summed E-state index contributed by atoms with van der Waals surface area (Å²) in [7, 11) is 6.16. The highest BCUT2D eigenvalue weighted by molar-refractivity contribution is 7.07. The van der Waals surface area contributed by atoms with Gasteiger partial charge < -0.3 is 23.7 Å². The molecule has 0 saturated heterocycles. The van der Waals surface area contributed by atoms with Crippen LogP contribution >= 0.6 is 11.3 Å². The van der Waals surface area contributed by atoms with Crippen molar-refractivity contribution in [2.75, 3.05) is 35.0 Å². The third-order valence-electron chi connectivity index (χ3n) is 5.97. The number of hydrogen-bond donors (Lipinski definition) is 0. The van der Waals surface area contributed by atoms with Gasteiger partial charge in [0.05, 0.1) is 50.8 Å². The number of thiazole rings is 1. The summed E-state index contributed by atoms with van der Waals surface area (Å²) in [5.74, 6) is 1.52. The number of aromatic nitrogens is 1. The summed E-state index contributed by atoms with van der Waals surface area (Å²) in [4.78, 5) is 32.0. The van der Waals surface area contributed by atoms with Crippen LogP contribution in [-0.4, -0.2) is 45.6 Å². The molecule has 1 aromatic heterocycles. The van der Waals surface area contributed by atoms with E-state index < -0.39 is 12.0 Å². The van der Waals surface area contributed by atoms with Crippen molar-refractivity contribution < 1.29 is 28.5 Å². The highest BCUT2D eigenvalue weighted by Gasteiger charge is 2.35. The first-order valence-electron chi connectivity index (χ1n) is 11.5. The highest BCUT2D eigenvalue weighted by atomic mass is 32.1. The van der Waals surface area contributed by atoms with E-state index >= 15 is 0 Å². The number of rotatable bonds is 8. The van der Waals surface area contributed by atoms with E-state index in [-0.39, 0.29) is 17.7 Å². The lowest BCUT2D eigenvalue weighted by Crippen LogP contribution is -2.40. The molecule has 194 valence electrons. The smallest absolute Gasteiger partial charge is 0.338 e. The summed E-state index contributed by atoms with van der Waals surface area (Å²) in [6, 6.07) is 9.94. The van der Waals surface area contributed by atoms with Gasteiger partial charge in [0, 0.05) is 17.2 Å². The van der Waals surface area contributed by atoms with Gasteiger partial charge in [-0.3, -0.25) is 9.36 Å². The standard InChI is InChI=1S/C27H28N2O7S/c1-7-36-26(31)23-15(2)28-27-29(24(23)17-10-8-9-11-18(17)32-3)25(30)22(37-27)13-16-12-20(34-5)21(35-6)14-19(16)33-4/h8-14,24H,7H2,1-6H3/b22-13-/t24-/m1/s1. The van der Waals surface area contributed by atoms with Gasteiger partial charge >= 0.3 is 5.97 Å². The van der Waals surface area contributed by atoms with Gasteiger partial charge in [-0.2, -0.15) is 0 Å². The molecule has 0 bridgehead atoms. The van der Waals surface area contributed by atoms with Crippen LogP contribution in [0.15, 0.2) is 57.5 Å². The molecule has 9 nitrogen and oxygen atoms in total. The monoisotopic (exact) mass is 524 g/mol. The molecule has 0 N–H and O–H groups in total. The number of hydrogen-bond acceptors (Lipinski definition) is 9. The second-order valence-electron chi connectivity index (χ2n) is 7.99. The molecule has 0 fully saturated rings. The molecular weight excluding hydrogens is 496 g/mol. The maximum Gasteiger partial charge on any atom is 0.338 e. The first kappa shape index (κ1) is 26.0. The largest absolute Gasteiger partial charge is 0.496 e. The number of carbonyl (C=O) groups is 1. The fourth-order valence-electron chi connectivity index (χ4n) is 4.28. The van der Waals surface area contributed by atoms with E-state index in [0.717, 1.165) is 0 Å². The van der Waals surface area contributed by atoms with Crippen molar-refractivity contribution in [2.45, 2.75) is 19.9 Å². The van der Waals surface area contributed by atoms with Crippen molar-refractivity contribution in [3.05, 3.63) is 78.5 Å². The lowest BCUT2D eigenvalue weighted by molar-refractivity contribution is -0.139. The molecule has 0 aliphatic carbocycles. The zero-order valence-electron chi connectivity index (χ0n) is 21.5. The molecule has 2 heterocycles. The van der Waals surface area contributed by atoms with E-state index in [4.69, 9.17) is 23.7 Å². The van der Waals surface area contributed by atoms with Gasteiger partial charge in [0.25, 0.3) is 5.56 Å². The molecule has 0 unspecified atom stereocenters. The second-order valence-corrected chi connectivity index (χ2v) is 9.00. The molecule has 4 rings (SSSR count). The van der Waals surface area contributed by atoms with Crippen molar-refractivity contribution in [3.63, 3.8) is 0 Å². The van der Waals surface area contributed by atoms with E-state index in [2.05, 4.69) is 4.99 Å². The quantitative estimate of drug-likeness (QED) is 0.418.